The molecule has 5 nitrogen and oxygen atoms in total. The number of piperidine rings is 1. The largest absolute Gasteiger partial charge is 0.493 e. The molecule has 0 saturated carbocycles. The van der Waals surface area contributed by atoms with Crippen LogP contribution < -0.4 is 9.47 Å². The van der Waals surface area contributed by atoms with E-state index in [0.29, 0.717) is 11.5 Å². The Balaban J connectivity index is 1.55. The van der Waals surface area contributed by atoms with Gasteiger partial charge in [0.1, 0.15) is 5.82 Å². The number of halogens is 1. The van der Waals surface area contributed by atoms with Gasteiger partial charge in [-0.1, -0.05) is 82.9 Å². The second kappa shape index (κ2) is 18.1. The van der Waals surface area contributed by atoms with Crippen molar-refractivity contribution in [2.75, 3.05) is 33.9 Å². The average molecular weight is 581 g/mol. The Morgan fingerprint density at radius 3 is 2.07 bits per heavy atom. The normalized spacial score (nSPS) is 16.5. The van der Waals surface area contributed by atoms with Gasteiger partial charge in [-0.3, -0.25) is 0 Å². The predicted molar refractivity (Wildman–Crippen MR) is 168 cm³/mol. The molecule has 6 heteroatoms. The third-order valence-electron chi connectivity index (χ3n) is 9.23. The summed E-state index contributed by atoms with van der Waals surface area (Å²) in [5.74, 6) is 1.26. The lowest BCUT2D eigenvalue weighted by molar-refractivity contribution is 0.0580. The third kappa shape index (κ3) is 9.99. The fourth-order valence-corrected chi connectivity index (χ4v) is 6.49. The van der Waals surface area contributed by atoms with Crippen molar-refractivity contribution in [3.63, 3.8) is 0 Å². The van der Waals surface area contributed by atoms with Gasteiger partial charge in [0.15, 0.2) is 11.5 Å². The van der Waals surface area contributed by atoms with Crippen LogP contribution in [-0.4, -0.2) is 43.9 Å². The number of rotatable bonds is 19. The zero-order valence-electron chi connectivity index (χ0n) is 26.3. The smallest absolute Gasteiger partial charge is 0.161 e. The van der Waals surface area contributed by atoms with Gasteiger partial charge in [-0.25, -0.2) is 4.39 Å². The van der Waals surface area contributed by atoms with E-state index in [-0.39, 0.29) is 11.7 Å². The number of aliphatic hydroxyl groups is 1. The first-order valence-electron chi connectivity index (χ1n) is 16.3. The minimum Gasteiger partial charge on any atom is -0.493 e. The highest BCUT2D eigenvalue weighted by Crippen LogP contribution is 2.39. The van der Waals surface area contributed by atoms with Crippen LogP contribution in [0.3, 0.4) is 0 Å². The summed E-state index contributed by atoms with van der Waals surface area (Å²) in [4.78, 5) is 2.46. The molecule has 2 unspecified atom stereocenters. The van der Waals surface area contributed by atoms with E-state index in [0.717, 1.165) is 75.7 Å². The first-order valence-corrected chi connectivity index (χ1v) is 16.3. The maximum Gasteiger partial charge on any atom is 0.161 e. The van der Waals surface area contributed by atoms with Gasteiger partial charge in [-0.15, -0.1) is 0 Å². The van der Waals surface area contributed by atoms with Crippen LogP contribution >= 0.6 is 0 Å². The van der Waals surface area contributed by atoms with Crippen LogP contribution in [0.1, 0.15) is 114 Å². The quantitative estimate of drug-likeness (QED) is 0.168. The topological polar surface area (TPSA) is 65.7 Å². The molecule has 42 heavy (non-hydrogen) atoms. The molecule has 0 aromatic heterocycles. The summed E-state index contributed by atoms with van der Waals surface area (Å²) in [6.45, 7) is 5.05. The molecule has 2 atom stereocenters. The van der Waals surface area contributed by atoms with E-state index >= 15 is 0 Å². The Hall–Kier alpha value is -2.62. The van der Waals surface area contributed by atoms with Crippen LogP contribution in [0, 0.1) is 23.1 Å². The van der Waals surface area contributed by atoms with Gasteiger partial charge in [-0.2, -0.15) is 5.26 Å². The van der Waals surface area contributed by atoms with E-state index in [4.69, 9.17) is 9.47 Å². The minimum absolute atomic E-state index is 0.184. The van der Waals surface area contributed by atoms with Gasteiger partial charge in [-0.05, 0) is 93.0 Å². The molecular formula is C36H53FN2O3. The van der Waals surface area contributed by atoms with E-state index in [9.17, 15) is 14.8 Å². The minimum atomic E-state index is -0.558. The molecule has 2 aromatic carbocycles. The van der Waals surface area contributed by atoms with Gasteiger partial charge in [0.25, 0.3) is 0 Å². The predicted octanol–water partition coefficient (Wildman–Crippen LogP) is 8.75. The molecule has 0 bridgehead atoms. The number of nitriles is 1. The van der Waals surface area contributed by atoms with E-state index < -0.39 is 11.5 Å². The summed E-state index contributed by atoms with van der Waals surface area (Å²) in [5, 5.41) is 21.4. The highest BCUT2D eigenvalue weighted by Gasteiger charge is 2.33. The summed E-state index contributed by atoms with van der Waals surface area (Å²) < 4.78 is 24.4. The molecule has 1 fully saturated rings. The number of aliphatic hydroxyl groups excluding tert-OH is 1. The number of nitrogens with zero attached hydrogens (tertiary/aromatic N) is 2. The zero-order chi connectivity index (χ0) is 30.2. The maximum absolute atomic E-state index is 13.3. The lowest BCUT2D eigenvalue weighted by atomic mass is 9.74. The molecule has 0 aliphatic carbocycles. The fourth-order valence-electron chi connectivity index (χ4n) is 6.49. The van der Waals surface area contributed by atoms with E-state index in [1.165, 1.54) is 57.1 Å². The van der Waals surface area contributed by atoms with Crippen molar-refractivity contribution < 1.29 is 19.0 Å². The van der Waals surface area contributed by atoms with Crippen molar-refractivity contribution in [1.29, 1.82) is 5.26 Å². The molecule has 1 N–H and O–H groups in total. The van der Waals surface area contributed by atoms with Crippen LogP contribution in [-0.2, 0) is 5.41 Å². The first kappa shape index (κ1) is 33.9. The van der Waals surface area contributed by atoms with Crippen molar-refractivity contribution in [3.05, 3.63) is 59.4 Å². The second-order valence-corrected chi connectivity index (χ2v) is 12.1. The Morgan fingerprint density at radius 2 is 1.48 bits per heavy atom. The van der Waals surface area contributed by atoms with Gasteiger partial charge < -0.3 is 19.5 Å². The van der Waals surface area contributed by atoms with Gasteiger partial charge in [0.05, 0.1) is 31.8 Å². The first-order chi connectivity index (χ1) is 20.5. The van der Waals surface area contributed by atoms with Crippen LogP contribution in [0.2, 0.25) is 0 Å². The molecule has 0 radical (unpaired) electrons. The third-order valence-corrected chi connectivity index (χ3v) is 9.23. The summed E-state index contributed by atoms with van der Waals surface area (Å²) in [5.41, 5.74) is 1.25. The van der Waals surface area contributed by atoms with Crippen LogP contribution in [0.15, 0.2) is 42.5 Å². The number of benzene rings is 2. The molecule has 3 rings (SSSR count). The van der Waals surface area contributed by atoms with Gasteiger partial charge in [0, 0.05) is 0 Å². The van der Waals surface area contributed by atoms with Crippen molar-refractivity contribution >= 4 is 0 Å². The highest BCUT2D eigenvalue weighted by atomic mass is 19.1. The zero-order valence-corrected chi connectivity index (χ0v) is 26.3. The number of likely N-dealkylation sites (tertiary alicyclic amines) is 1. The van der Waals surface area contributed by atoms with Crippen LogP contribution in [0.4, 0.5) is 4.39 Å². The Kier molecular flexibility index (Phi) is 14.6. The summed E-state index contributed by atoms with van der Waals surface area (Å²) in [7, 11) is 3.28. The lowest BCUT2D eigenvalue weighted by Gasteiger charge is -2.35. The standard InChI is InChI=1S/C36H53FN2O3/c1-4-5-6-7-8-9-10-11-12-22-36(28-38,31-16-19-33(41-2)34(27-31)42-3)23-13-24-39-25-20-30(21-26-39)35(40)29-14-17-32(37)18-15-29/h14-19,27,30,35,40H,4-13,20-26H2,1-3H3. The monoisotopic (exact) mass is 580 g/mol. The lowest BCUT2D eigenvalue weighted by Crippen LogP contribution is -2.37. The van der Waals surface area contributed by atoms with E-state index in [1.54, 1.807) is 26.4 Å². The Labute approximate surface area is 254 Å². The molecule has 2 aromatic rings. The van der Waals surface area contributed by atoms with Crippen molar-refractivity contribution in [2.24, 2.45) is 5.92 Å². The molecule has 0 spiro atoms. The maximum atomic E-state index is 13.3. The molecule has 232 valence electrons. The second-order valence-electron chi connectivity index (χ2n) is 12.1. The SMILES string of the molecule is CCCCCCCCCCCC(C#N)(CCCN1CCC(C(O)c2ccc(F)cc2)CC1)c1ccc(OC)c(OC)c1. The molecule has 0 amide bonds. The van der Waals surface area contributed by atoms with Crippen LogP contribution in [0.5, 0.6) is 11.5 Å². The highest BCUT2D eigenvalue weighted by molar-refractivity contribution is 5.47. The number of unbranched alkanes of at least 4 members (excludes halogenated alkanes) is 8. The van der Waals surface area contributed by atoms with E-state index in [1.807, 2.05) is 18.2 Å². The van der Waals surface area contributed by atoms with Crippen molar-refractivity contribution in [3.8, 4) is 17.6 Å². The van der Waals surface area contributed by atoms with Crippen LogP contribution in [0.25, 0.3) is 0 Å². The average Bonchev–Trinajstić information content (AvgIpc) is 3.03. The summed E-state index contributed by atoms with van der Waals surface area (Å²) in [6, 6.07) is 14.9. The Morgan fingerprint density at radius 1 is 0.881 bits per heavy atom. The fraction of sp³-hybridized carbons (Fsp3) is 0.639. The van der Waals surface area contributed by atoms with Gasteiger partial charge >= 0.3 is 0 Å². The number of hydrogen-bond acceptors (Lipinski definition) is 5. The van der Waals surface area contributed by atoms with Crippen molar-refractivity contribution in [2.45, 2.75) is 108 Å². The molecule has 1 aliphatic heterocycles. The van der Waals surface area contributed by atoms with Gasteiger partial charge in [0.2, 0.25) is 0 Å². The van der Waals surface area contributed by atoms with E-state index in [2.05, 4.69) is 17.9 Å². The summed E-state index contributed by atoms with van der Waals surface area (Å²) >= 11 is 0. The number of ether oxygens (including phenoxy) is 2. The molecule has 1 heterocycles. The number of hydrogen-bond donors (Lipinski definition) is 1. The molecule has 1 saturated heterocycles. The van der Waals surface area contributed by atoms with Crippen molar-refractivity contribution in [1.82, 2.24) is 4.90 Å². The molecule has 1 aliphatic rings. The Bertz CT molecular complexity index is 1080. The number of methoxy groups -OCH3 is 2. The summed E-state index contributed by atoms with van der Waals surface area (Å²) in [6.07, 6.45) is 15.2. The molecular weight excluding hydrogens is 527 g/mol.